The van der Waals surface area contributed by atoms with Gasteiger partial charge in [0, 0.05) is 5.56 Å². The van der Waals surface area contributed by atoms with E-state index in [1.54, 1.807) is 0 Å². The highest BCUT2D eigenvalue weighted by Gasteiger charge is 2.02. The van der Waals surface area contributed by atoms with Crippen molar-refractivity contribution in [3.05, 3.63) is 34.9 Å². The van der Waals surface area contributed by atoms with E-state index in [1.807, 2.05) is 32.0 Å². The summed E-state index contributed by atoms with van der Waals surface area (Å²) in [7, 11) is 0. The number of amidine groups is 1. The summed E-state index contributed by atoms with van der Waals surface area (Å²) < 4.78 is 0. The van der Waals surface area contributed by atoms with Crippen LogP contribution >= 0.6 is 0 Å². The van der Waals surface area contributed by atoms with E-state index in [0.29, 0.717) is 0 Å². The SMILES string of the molecule is Cc1cccc(C)c1C(=N)N. The van der Waals surface area contributed by atoms with Gasteiger partial charge in [-0.2, -0.15) is 0 Å². The zero-order valence-corrected chi connectivity index (χ0v) is 6.81. The number of hydrogen-bond acceptors (Lipinski definition) is 1. The summed E-state index contributed by atoms with van der Waals surface area (Å²) in [5, 5.41) is 7.29. The number of nitrogens with one attached hydrogen (secondary N) is 1. The third-order valence-corrected chi connectivity index (χ3v) is 1.75. The molecule has 0 aliphatic rings. The van der Waals surface area contributed by atoms with Gasteiger partial charge in [-0.05, 0) is 25.0 Å². The molecule has 0 saturated heterocycles. The Bertz CT molecular complexity index is 269. The van der Waals surface area contributed by atoms with Gasteiger partial charge in [-0.15, -0.1) is 0 Å². The van der Waals surface area contributed by atoms with Gasteiger partial charge < -0.3 is 5.73 Å². The second-order valence-electron chi connectivity index (χ2n) is 2.68. The van der Waals surface area contributed by atoms with Crippen LogP contribution in [0.15, 0.2) is 18.2 Å². The fourth-order valence-electron chi connectivity index (χ4n) is 1.24. The Kier molecular flexibility index (Phi) is 1.94. The molecule has 1 rings (SSSR count). The predicted molar refractivity (Wildman–Crippen MR) is 46.9 cm³/mol. The minimum absolute atomic E-state index is 0.153. The zero-order valence-electron chi connectivity index (χ0n) is 6.81. The van der Waals surface area contributed by atoms with Crippen LogP contribution in [0.5, 0.6) is 0 Å². The summed E-state index contributed by atoms with van der Waals surface area (Å²) in [5.74, 6) is 0.153. The van der Waals surface area contributed by atoms with Crippen molar-refractivity contribution in [2.24, 2.45) is 5.73 Å². The Balaban J connectivity index is 3.32. The van der Waals surface area contributed by atoms with Crippen molar-refractivity contribution in [3.8, 4) is 0 Å². The largest absolute Gasteiger partial charge is 0.384 e. The Morgan fingerprint density at radius 2 is 1.73 bits per heavy atom. The van der Waals surface area contributed by atoms with Crippen LogP contribution in [0.4, 0.5) is 0 Å². The van der Waals surface area contributed by atoms with Gasteiger partial charge >= 0.3 is 0 Å². The van der Waals surface area contributed by atoms with Gasteiger partial charge in [0.05, 0.1) is 0 Å². The molecule has 0 amide bonds. The highest BCUT2D eigenvalue weighted by molar-refractivity contribution is 5.97. The molecule has 2 nitrogen and oxygen atoms in total. The number of nitrogen functional groups attached to an aromatic ring is 1. The molecule has 0 saturated carbocycles. The van der Waals surface area contributed by atoms with Gasteiger partial charge in [-0.25, -0.2) is 0 Å². The van der Waals surface area contributed by atoms with Gasteiger partial charge in [-0.3, -0.25) is 5.41 Å². The molecule has 1 aromatic rings. The second kappa shape index (κ2) is 2.74. The lowest BCUT2D eigenvalue weighted by Crippen LogP contribution is -2.14. The molecule has 0 fully saturated rings. The van der Waals surface area contributed by atoms with Crippen molar-refractivity contribution >= 4 is 5.84 Å². The standard InChI is InChI=1S/C9H12N2/c1-6-4-3-5-7(2)8(6)9(10)11/h3-5H,1-2H3,(H3,10,11). The Labute approximate surface area is 66.6 Å². The minimum atomic E-state index is 0.153. The number of rotatable bonds is 1. The lowest BCUT2D eigenvalue weighted by atomic mass is 10.0. The molecule has 0 spiro atoms. The fraction of sp³-hybridized carbons (Fsp3) is 0.222. The van der Waals surface area contributed by atoms with Crippen LogP contribution in [0, 0.1) is 19.3 Å². The molecule has 2 heteroatoms. The molecule has 0 aromatic heterocycles. The first-order chi connectivity index (χ1) is 5.13. The maximum atomic E-state index is 7.29. The molecule has 0 radical (unpaired) electrons. The van der Waals surface area contributed by atoms with E-state index in [9.17, 15) is 0 Å². The first-order valence-corrected chi connectivity index (χ1v) is 3.53. The zero-order chi connectivity index (χ0) is 8.43. The summed E-state index contributed by atoms with van der Waals surface area (Å²) in [6.45, 7) is 3.92. The molecule has 3 N–H and O–H groups in total. The Hall–Kier alpha value is -1.31. The van der Waals surface area contributed by atoms with Crippen LogP contribution in [0.1, 0.15) is 16.7 Å². The van der Waals surface area contributed by atoms with Crippen molar-refractivity contribution in [1.29, 1.82) is 5.41 Å². The van der Waals surface area contributed by atoms with Crippen molar-refractivity contribution in [2.45, 2.75) is 13.8 Å². The first kappa shape index (κ1) is 7.79. The fourth-order valence-corrected chi connectivity index (χ4v) is 1.24. The van der Waals surface area contributed by atoms with Crippen LogP contribution in [-0.4, -0.2) is 5.84 Å². The second-order valence-corrected chi connectivity index (χ2v) is 2.68. The van der Waals surface area contributed by atoms with Gasteiger partial charge in [0.25, 0.3) is 0 Å². The van der Waals surface area contributed by atoms with Gasteiger partial charge in [0.1, 0.15) is 5.84 Å². The van der Waals surface area contributed by atoms with Gasteiger partial charge in [-0.1, -0.05) is 18.2 Å². The van der Waals surface area contributed by atoms with Gasteiger partial charge in [0.2, 0.25) is 0 Å². The highest BCUT2D eigenvalue weighted by Crippen LogP contribution is 2.11. The molecule has 0 unspecified atom stereocenters. The van der Waals surface area contributed by atoms with Crippen molar-refractivity contribution in [1.82, 2.24) is 0 Å². The molecular weight excluding hydrogens is 136 g/mol. The maximum absolute atomic E-state index is 7.29. The van der Waals surface area contributed by atoms with Crippen molar-refractivity contribution < 1.29 is 0 Å². The van der Waals surface area contributed by atoms with Crippen LogP contribution in [-0.2, 0) is 0 Å². The van der Waals surface area contributed by atoms with Crippen molar-refractivity contribution in [3.63, 3.8) is 0 Å². The normalized spacial score (nSPS) is 9.64. The molecule has 1 aromatic carbocycles. The molecule has 0 heterocycles. The molecule has 0 atom stereocenters. The van der Waals surface area contributed by atoms with E-state index in [1.165, 1.54) is 0 Å². The quantitative estimate of drug-likeness (QED) is 0.461. The van der Waals surface area contributed by atoms with Crippen LogP contribution in [0.25, 0.3) is 0 Å². The average Bonchev–Trinajstić information content (AvgIpc) is 1.85. The highest BCUT2D eigenvalue weighted by atomic mass is 14.7. The lowest BCUT2D eigenvalue weighted by Gasteiger charge is -2.05. The molecule has 58 valence electrons. The van der Waals surface area contributed by atoms with Crippen LogP contribution < -0.4 is 5.73 Å². The predicted octanol–water partition coefficient (Wildman–Crippen LogP) is 1.59. The maximum Gasteiger partial charge on any atom is 0.123 e. The Morgan fingerprint density at radius 1 is 1.27 bits per heavy atom. The van der Waals surface area contributed by atoms with E-state index >= 15 is 0 Å². The number of benzene rings is 1. The summed E-state index contributed by atoms with van der Waals surface area (Å²) >= 11 is 0. The lowest BCUT2D eigenvalue weighted by molar-refractivity contribution is 1.31. The van der Waals surface area contributed by atoms with Gasteiger partial charge in [0.15, 0.2) is 0 Å². The number of aryl methyl sites for hydroxylation is 2. The molecule has 0 aliphatic carbocycles. The smallest absolute Gasteiger partial charge is 0.123 e. The average molecular weight is 148 g/mol. The van der Waals surface area contributed by atoms with E-state index in [0.717, 1.165) is 16.7 Å². The third-order valence-electron chi connectivity index (χ3n) is 1.75. The third kappa shape index (κ3) is 1.40. The summed E-state index contributed by atoms with van der Waals surface area (Å²) in [4.78, 5) is 0. The Morgan fingerprint density at radius 3 is 2.00 bits per heavy atom. The van der Waals surface area contributed by atoms with Crippen molar-refractivity contribution in [2.75, 3.05) is 0 Å². The van der Waals surface area contributed by atoms with Crippen LogP contribution in [0.2, 0.25) is 0 Å². The topological polar surface area (TPSA) is 49.9 Å². The summed E-state index contributed by atoms with van der Waals surface area (Å²) in [5.41, 5.74) is 8.40. The van der Waals surface area contributed by atoms with E-state index in [2.05, 4.69) is 0 Å². The first-order valence-electron chi connectivity index (χ1n) is 3.53. The van der Waals surface area contributed by atoms with Crippen LogP contribution in [0.3, 0.4) is 0 Å². The molecular formula is C9H12N2. The molecule has 0 bridgehead atoms. The van der Waals surface area contributed by atoms with E-state index < -0.39 is 0 Å². The summed E-state index contributed by atoms with van der Waals surface area (Å²) in [6, 6.07) is 5.89. The molecule has 11 heavy (non-hydrogen) atoms. The summed E-state index contributed by atoms with van der Waals surface area (Å²) in [6.07, 6.45) is 0. The minimum Gasteiger partial charge on any atom is -0.384 e. The number of hydrogen-bond donors (Lipinski definition) is 2. The number of nitrogens with two attached hydrogens (primary N) is 1. The molecule has 0 aliphatic heterocycles. The van der Waals surface area contributed by atoms with E-state index in [-0.39, 0.29) is 5.84 Å². The van der Waals surface area contributed by atoms with E-state index in [4.69, 9.17) is 11.1 Å². The monoisotopic (exact) mass is 148 g/mol.